The number of fused-ring (bicyclic) bond motifs is 1. The number of rotatable bonds is 4. The van der Waals surface area contributed by atoms with Gasteiger partial charge < -0.3 is 14.9 Å². The third-order valence-electron chi connectivity index (χ3n) is 5.12. The minimum absolute atomic E-state index is 0.0901. The van der Waals surface area contributed by atoms with Crippen molar-refractivity contribution in [2.45, 2.75) is 25.5 Å². The summed E-state index contributed by atoms with van der Waals surface area (Å²) < 4.78 is 0. The number of carbonyl (C=O) groups is 1. The van der Waals surface area contributed by atoms with Crippen molar-refractivity contribution in [2.75, 3.05) is 25.0 Å². The summed E-state index contributed by atoms with van der Waals surface area (Å²) >= 11 is 0. The maximum atomic E-state index is 12.8. The topological polar surface area (TPSA) is 69.6 Å². The Morgan fingerprint density at radius 1 is 1.21 bits per heavy atom. The number of benzene rings is 1. The van der Waals surface area contributed by atoms with Gasteiger partial charge in [0.05, 0.1) is 29.4 Å². The van der Waals surface area contributed by atoms with Crippen LogP contribution in [0.2, 0.25) is 0 Å². The van der Waals surface area contributed by atoms with Gasteiger partial charge in [-0.15, -0.1) is 0 Å². The van der Waals surface area contributed by atoms with Crippen molar-refractivity contribution in [1.29, 1.82) is 0 Å². The molecule has 28 heavy (non-hydrogen) atoms. The van der Waals surface area contributed by atoms with Crippen LogP contribution in [-0.2, 0) is 6.54 Å². The van der Waals surface area contributed by atoms with Crippen LogP contribution < -0.4 is 4.90 Å². The highest BCUT2D eigenvalue weighted by Gasteiger charge is 2.19. The molecule has 1 atom stereocenters. The summed E-state index contributed by atoms with van der Waals surface area (Å²) in [6, 6.07) is 15.6. The number of carbonyl (C=O) groups excluding carboxylic acids is 1. The normalized spacial score (nSPS) is 16.9. The first kappa shape index (κ1) is 18.4. The molecule has 144 valence electrons. The Hall–Kier alpha value is -2.99. The molecule has 0 spiro atoms. The molecule has 4 rings (SSSR count). The van der Waals surface area contributed by atoms with Crippen molar-refractivity contribution in [3.05, 3.63) is 66.0 Å². The second kappa shape index (κ2) is 7.94. The van der Waals surface area contributed by atoms with Crippen molar-refractivity contribution in [1.82, 2.24) is 14.9 Å². The molecule has 3 aromatic rings. The molecule has 1 saturated heterocycles. The minimum Gasteiger partial charge on any atom is -0.391 e. The van der Waals surface area contributed by atoms with Crippen LogP contribution in [0, 0.1) is 0 Å². The number of hydrogen-bond donors (Lipinski definition) is 1. The number of piperidine rings is 1. The molecule has 1 aromatic carbocycles. The molecule has 0 unspecified atom stereocenters. The lowest BCUT2D eigenvalue weighted by molar-refractivity contribution is 0.0783. The van der Waals surface area contributed by atoms with Crippen LogP contribution in [0.15, 0.2) is 54.7 Å². The summed E-state index contributed by atoms with van der Waals surface area (Å²) in [5.74, 6) is 0.710. The van der Waals surface area contributed by atoms with Crippen molar-refractivity contribution in [2.24, 2.45) is 0 Å². The number of β-amino-alcohol motifs (C(OH)–C–C–N with tert-alkyl or cyclic N) is 1. The third kappa shape index (κ3) is 3.97. The van der Waals surface area contributed by atoms with Crippen LogP contribution in [0.1, 0.15) is 28.9 Å². The third-order valence-corrected chi connectivity index (χ3v) is 5.12. The van der Waals surface area contributed by atoms with Crippen LogP contribution in [0.4, 0.5) is 5.82 Å². The van der Waals surface area contributed by atoms with Crippen molar-refractivity contribution in [3.8, 4) is 0 Å². The zero-order valence-corrected chi connectivity index (χ0v) is 16.0. The van der Waals surface area contributed by atoms with E-state index in [0.29, 0.717) is 18.7 Å². The van der Waals surface area contributed by atoms with E-state index in [-0.39, 0.29) is 12.0 Å². The number of hydrogen-bond acceptors (Lipinski definition) is 5. The fourth-order valence-electron chi connectivity index (χ4n) is 3.59. The molecular weight excluding hydrogens is 352 g/mol. The summed E-state index contributed by atoms with van der Waals surface area (Å²) in [7, 11) is 1.77. The summed E-state index contributed by atoms with van der Waals surface area (Å²) in [4.78, 5) is 25.5. The number of pyridine rings is 2. The molecule has 1 aliphatic rings. The van der Waals surface area contributed by atoms with Crippen molar-refractivity contribution in [3.63, 3.8) is 0 Å². The van der Waals surface area contributed by atoms with Gasteiger partial charge in [-0.05, 0) is 37.1 Å². The molecule has 6 nitrogen and oxygen atoms in total. The Morgan fingerprint density at radius 2 is 2.07 bits per heavy atom. The van der Waals surface area contributed by atoms with E-state index in [1.165, 1.54) is 0 Å². The molecule has 0 radical (unpaired) electrons. The molecule has 0 aliphatic carbocycles. The molecule has 1 amide bonds. The summed E-state index contributed by atoms with van der Waals surface area (Å²) in [6.07, 6.45) is 3.09. The zero-order valence-electron chi connectivity index (χ0n) is 16.0. The van der Waals surface area contributed by atoms with Gasteiger partial charge in [0, 0.05) is 31.7 Å². The zero-order chi connectivity index (χ0) is 19.5. The maximum Gasteiger partial charge on any atom is 0.255 e. The van der Waals surface area contributed by atoms with E-state index in [0.717, 1.165) is 41.8 Å². The number of nitrogens with zero attached hydrogens (tertiary/aromatic N) is 4. The predicted molar refractivity (Wildman–Crippen MR) is 109 cm³/mol. The number of aliphatic hydroxyl groups excluding tert-OH is 1. The molecule has 0 bridgehead atoms. The van der Waals surface area contributed by atoms with Gasteiger partial charge in [-0.1, -0.05) is 24.3 Å². The van der Waals surface area contributed by atoms with E-state index in [1.54, 1.807) is 24.2 Å². The molecule has 6 heteroatoms. The Kier molecular flexibility index (Phi) is 5.21. The van der Waals surface area contributed by atoms with E-state index in [4.69, 9.17) is 0 Å². The van der Waals surface area contributed by atoms with Crippen molar-refractivity contribution >= 4 is 22.6 Å². The number of aromatic nitrogens is 2. The van der Waals surface area contributed by atoms with Gasteiger partial charge in [0.1, 0.15) is 5.82 Å². The molecular formula is C22H24N4O2. The lowest BCUT2D eigenvalue weighted by atomic mass is 10.1. The quantitative estimate of drug-likeness (QED) is 0.758. The molecule has 3 heterocycles. The molecule has 0 saturated carbocycles. The second-order valence-corrected chi connectivity index (χ2v) is 7.30. The Labute approximate surface area is 164 Å². The SMILES string of the molecule is CN(Cc1ccc2ccccc2n1)C(=O)c1ccc(N2CCC[C@@H](O)C2)nc1. The van der Waals surface area contributed by atoms with Gasteiger partial charge in [0.2, 0.25) is 0 Å². The van der Waals surface area contributed by atoms with E-state index in [9.17, 15) is 9.90 Å². The molecule has 1 N–H and O–H groups in total. The first-order chi connectivity index (χ1) is 13.6. The fourth-order valence-corrected chi connectivity index (χ4v) is 3.59. The second-order valence-electron chi connectivity index (χ2n) is 7.30. The average molecular weight is 376 g/mol. The molecule has 1 fully saturated rings. The Morgan fingerprint density at radius 3 is 2.86 bits per heavy atom. The van der Waals surface area contributed by atoms with Gasteiger partial charge in [-0.2, -0.15) is 0 Å². The Bertz CT molecular complexity index is 974. The number of anilines is 1. The van der Waals surface area contributed by atoms with Gasteiger partial charge in [0.15, 0.2) is 0 Å². The lowest BCUT2D eigenvalue weighted by Gasteiger charge is -2.31. The van der Waals surface area contributed by atoms with E-state index in [2.05, 4.69) is 14.9 Å². The summed E-state index contributed by atoms with van der Waals surface area (Å²) in [5.41, 5.74) is 2.32. The van der Waals surface area contributed by atoms with Gasteiger partial charge >= 0.3 is 0 Å². The van der Waals surface area contributed by atoms with E-state index < -0.39 is 0 Å². The molecule has 2 aromatic heterocycles. The van der Waals surface area contributed by atoms with Crippen LogP contribution in [-0.4, -0.2) is 52.1 Å². The van der Waals surface area contributed by atoms with E-state index in [1.807, 2.05) is 42.5 Å². The summed E-state index contributed by atoms with van der Waals surface area (Å²) in [6.45, 7) is 1.91. The first-order valence-corrected chi connectivity index (χ1v) is 9.59. The first-order valence-electron chi connectivity index (χ1n) is 9.59. The maximum absolute atomic E-state index is 12.8. The van der Waals surface area contributed by atoms with Crippen LogP contribution >= 0.6 is 0 Å². The molecule has 1 aliphatic heterocycles. The predicted octanol–water partition coefficient (Wildman–Crippen LogP) is 2.86. The fraction of sp³-hybridized carbons (Fsp3) is 0.318. The number of amides is 1. The minimum atomic E-state index is -0.308. The highest BCUT2D eigenvalue weighted by Crippen LogP contribution is 2.19. The number of aliphatic hydroxyl groups is 1. The van der Waals surface area contributed by atoms with Gasteiger partial charge in [0.25, 0.3) is 5.91 Å². The Balaban J connectivity index is 1.44. The highest BCUT2D eigenvalue weighted by molar-refractivity contribution is 5.94. The van der Waals surface area contributed by atoms with Gasteiger partial charge in [-0.25, -0.2) is 4.98 Å². The van der Waals surface area contributed by atoms with Gasteiger partial charge in [-0.3, -0.25) is 9.78 Å². The highest BCUT2D eigenvalue weighted by atomic mass is 16.3. The van der Waals surface area contributed by atoms with E-state index >= 15 is 0 Å². The number of para-hydroxylation sites is 1. The average Bonchev–Trinajstić information content (AvgIpc) is 2.73. The monoisotopic (exact) mass is 376 g/mol. The lowest BCUT2D eigenvalue weighted by Crippen LogP contribution is -2.38. The van der Waals surface area contributed by atoms with Crippen LogP contribution in [0.3, 0.4) is 0 Å². The standard InChI is InChI=1S/C22H24N4O2/c1-25(14-18-10-8-16-5-2-3-7-20(16)24-18)22(28)17-9-11-21(23-13-17)26-12-4-6-19(27)15-26/h2-3,5,7-11,13,19,27H,4,6,12,14-15H2,1H3/t19-/m1/s1. The smallest absolute Gasteiger partial charge is 0.255 e. The van der Waals surface area contributed by atoms with Crippen LogP contribution in [0.5, 0.6) is 0 Å². The summed E-state index contributed by atoms with van der Waals surface area (Å²) in [5, 5.41) is 10.9. The van der Waals surface area contributed by atoms with Crippen molar-refractivity contribution < 1.29 is 9.90 Å². The van der Waals surface area contributed by atoms with Crippen LogP contribution in [0.25, 0.3) is 10.9 Å². The largest absolute Gasteiger partial charge is 0.391 e.